The van der Waals surface area contributed by atoms with Crippen molar-refractivity contribution in [1.82, 2.24) is 10.2 Å². The smallest absolute Gasteiger partial charge is 0.407 e. The minimum absolute atomic E-state index is 0.0633. The summed E-state index contributed by atoms with van der Waals surface area (Å²) in [5.74, 6) is 0.0633. The summed E-state index contributed by atoms with van der Waals surface area (Å²) >= 11 is 0. The molecule has 0 heterocycles. The summed E-state index contributed by atoms with van der Waals surface area (Å²) in [7, 11) is 3.90. The lowest BCUT2D eigenvalue weighted by Crippen LogP contribution is -2.41. The lowest BCUT2D eigenvalue weighted by molar-refractivity contribution is -0.120. The fraction of sp³-hybridized carbons (Fsp3) is 0.889. The fourth-order valence-corrected chi connectivity index (χ4v) is 2.57. The molecule has 0 saturated heterocycles. The number of carbonyl (C=O) groups is 2. The first-order chi connectivity index (χ1) is 12.6. The van der Waals surface area contributed by atoms with E-state index in [0.29, 0.717) is 25.8 Å². The van der Waals surface area contributed by atoms with Crippen molar-refractivity contribution in [3.63, 3.8) is 0 Å². The maximum Gasteiger partial charge on any atom is 0.407 e. The number of amides is 1. The first-order valence-electron chi connectivity index (χ1n) is 9.52. The van der Waals surface area contributed by atoms with Gasteiger partial charge in [0.2, 0.25) is 0 Å². The van der Waals surface area contributed by atoms with Gasteiger partial charge in [-0.05, 0) is 45.3 Å². The molecule has 0 radical (unpaired) electrons. The number of ether oxygens (including phenoxy) is 1. The maximum absolute atomic E-state index is 12.1. The molecule has 9 heteroatoms. The van der Waals surface area contributed by atoms with E-state index in [2.05, 4.69) is 15.3 Å². The minimum Gasteiger partial charge on any atom is -0.446 e. The monoisotopic (exact) mass is 384 g/mol. The molecule has 3 N–H and O–H groups in total. The molecule has 27 heavy (non-hydrogen) atoms. The summed E-state index contributed by atoms with van der Waals surface area (Å²) in [4.78, 5) is 28.4. The highest BCUT2D eigenvalue weighted by Gasteiger charge is 2.32. The molecule has 0 bridgehead atoms. The molecule has 0 fully saturated rings. The standard InChI is InChI=1S/C18H36N6O3/c1-6-15(25)14(19)9-7-8-11-21-17(26)27-16(10-12-24(4)5)18(2,3)13-22-23-20/h14,16H,6-13,19H2,1-5H3,(H,21,26)/t14-,16?/m0/s1. The molecule has 0 aromatic carbocycles. The van der Waals surface area contributed by atoms with Gasteiger partial charge in [-0.25, -0.2) is 4.79 Å². The van der Waals surface area contributed by atoms with Crippen molar-refractivity contribution in [1.29, 1.82) is 0 Å². The van der Waals surface area contributed by atoms with Crippen LogP contribution in [0.2, 0.25) is 0 Å². The van der Waals surface area contributed by atoms with Crippen molar-refractivity contribution in [3.05, 3.63) is 10.4 Å². The third-order valence-corrected chi connectivity index (χ3v) is 4.47. The van der Waals surface area contributed by atoms with Gasteiger partial charge < -0.3 is 20.7 Å². The molecule has 0 aliphatic heterocycles. The number of nitrogens with one attached hydrogen (secondary N) is 1. The Morgan fingerprint density at radius 2 is 1.96 bits per heavy atom. The molecule has 0 aliphatic carbocycles. The normalized spacial score (nSPS) is 13.6. The molecule has 0 saturated carbocycles. The number of nitrogens with two attached hydrogens (primary N) is 1. The lowest BCUT2D eigenvalue weighted by atomic mass is 9.84. The van der Waals surface area contributed by atoms with Crippen molar-refractivity contribution >= 4 is 11.9 Å². The lowest BCUT2D eigenvalue weighted by Gasteiger charge is -2.33. The van der Waals surface area contributed by atoms with Crippen LogP contribution >= 0.6 is 0 Å². The number of nitrogens with zero attached hydrogens (tertiary/aromatic N) is 4. The van der Waals surface area contributed by atoms with Crippen LogP contribution in [0.1, 0.15) is 52.9 Å². The second-order valence-corrected chi connectivity index (χ2v) is 7.71. The van der Waals surface area contributed by atoms with E-state index in [4.69, 9.17) is 16.0 Å². The predicted octanol–water partition coefficient (Wildman–Crippen LogP) is 2.85. The number of hydrogen-bond acceptors (Lipinski definition) is 6. The van der Waals surface area contributed by atoms with Crippen LogP contribution in [-0.2, 0) is 9.53 Å². The molecule has 2 atom stereocenters. The van der Waals surface area contributed by atoms with E-state index in [-0.39, 0.29) is 18.4 Å². The second kappa shape index (κ2) is 13.4. The van der Waals surface area contributed by atoms with E-state index >= 15 is 0 Å². The van der Waals surface area contributed by atoms with Crippen molar-refractivity contribution in [2.45, 2.75) is 65.0 Å². The Morgan fingerprint density at radius 3 is 2.52 bits per heavy atom. The number of carbonyl (C=O) groups excluding carboxylic acids is 2. The Balaban J connectivity index is 4.42. The molecule has 0 aliphatic rings. The van der Waals surface area contributed by atoms with Crippen molar-refractivity contribution in [3.8, 4) is 0 Å². The van der Waals surface area contributed by atoms with Crippen LogP contribution in [0.15, 0.2) is 5.11 Å². The van der Waals surface area contributed by atoms with E-state index in [1.54, 1.807) is 6.92 Å². The van der Waals surface area contributed by atoms with Crippen molar-refractivity contribution in [2.75, 3.05) is 33.7 Å². The highest BCUT2D eigenvalue weighted by molar-refractivity contribution is 5.83. The average molecular weight is 385 g/mol. The number of rotatable bonds is 14. The zero-order chi connectivity index (χ0) is 20.9. The Hall–Kier alpha value is -1.83. The highest BCUT2D eigenvalue weighted by Crippen LogP contribution is 2.27. The average Bonchev–Trinajstić information content (AvgIpc) is 2.61. The molecule has 0 aromatic heterocycles. The van der Waals surface area contributed by atoms with Crippen LogP contribution in [-0.4, -0.2) is 62.7 Å². The summed E-state index contributed by atoms with van der Waals surface area (Å²) < 4.78 is 5.61. The van der Waals surface area contributed by atoms with Crippen LogP contribution < -0.4 is 11.1 Å². The van der Waals surface area contributed by atoms with Gasteiger partial charge in [-0.2, -0.15) is 0 Å². The van der Waals surface area contributed by atoms with E-state index in [1.807, 2.05) is 32.8 Å². The third kappa shape index (κ3) is 11.5. The number of alkyl carbamates (subject to hydrolysis) is 1. The van der Waals surface area contributed by atoms with Gasteiger partial charge in [0.05, 0.1) is 6.04 Å². The molecule has 0 aromatic rings. The summed E-state index contributed by atoms with van der Waals surface area (Å²) in [6.07, 6.45) is 2.34. The van der Waals surface area contributed by atoms with Crippen LogP contribution in [0.5, 0.6) is 0 Å². The minimum atomic E-state index is -0.485. The van der Waals surface area contributed by atoms with E-state index in [0.717, 1.165) is 19.4 Å². The van der Waals surface area contributed by atoms with Gasteiger partial charge in [-0.3, -0.25) is 4.79 Å². The molecule has 156 valence electrons. The number of azide groups is 1. The van der Waals surface area contributed by atoms with E-state index in [1.165, 1.54) is 0 Å². The number of Topliss-reactive ketones (excluding diaryl/α,β-unsaturated/α-hetero) is 1. The molecule has 1 amide bonds. The molecule has 9 nitrogen and oxygen atoms in total. The SMILES string of the molecule is CCC(=O)[C@@H](N)CCCCNC(=O)OC(CCN(C)C)C(C)(C)CN=[N+]=[N-]. The first kappa shape index (κ1) is 25.2. The fourth-order valence-electron chi connectivity index (χ4n) is 2.57. The maximum atomic E-state index is 12.1. The zero-order valence-electron chi connectivity index (χ0n) is 17.4. The summed E-state index contributed by atoms with van der Waals surface area (Å²) in [5.41, 5.74) is 13.9. The number of unbranched alkanes of at least 4 members (excludes halogenated alkanes) is 1. The summed E-state index contributed by atoms with van der Waals surface area (Å²) in [6.45, 7) is 7.10. The number of hydrogen-bond donors (Lipinski definition) is 2. The molecular formula is C18H36N6O3. The molecule has 0 spiro atoms. The second-order valence-electron chi connectivity index (χ2n) is 7.71. The Labute approximate surface area is 162 Å². The van der Waals surface area contributed by atoms with E-state index in [9.17, 15) is 9.59 Å². The largest absolute Gasteiger partial charge is 0.446 e. The van der Waals surface area contributed by atoms with Gasteiger partial charge >= 0.3 is 6.09 Å². The molecule has 1 unspecified atom stereocenters. The van der Waals surface area contributed by atoms with Crippen LogP contribution in [0, 0.1) is 5.41 Å². The Morgan fingerprint density at radius 1 is 1.30 bits per heavy atom. The van der Waals surface area contributed by atoms with Gasteiger partial charge in [0.15, 0.2) is 0 Å². The van der Waals surface area contributed by atoms with Crippen molar-refractivity contribution in [2.24, 2.45) is 16.3 Å². The third-order valence-electron chi connectivity index (χ3n) is 4.47. The van der Waals surface area contributed by atoms with Gasteiger partial charge in [-0.15, -0.1) is 0 Å². The van der Waals surface area contributed by atoms with Gasteiger partial charge in [-0.1, -0.05) is 25.9 Å². The summed E-state index contributed by atoms with van der Waals surface area (Å²) in [6, 6.07) is -0.418. The molecular weight excluding hydrogens is 348 g/mol. The quantitative estimate of drug-likeness (QED) is 0.205. The van der Waals surface area contributed by atoms with Crippen LogP contribution in [0.4, 0.5) is 4.79 Å². The molecule has 0 rings (SSSR count). The Bertz CT molecular complexity index is 503. The number of ketones is 1. The van der Waals surface area contributed by atoms with Crippen LogP contribution in [0.3, 0.4) is 0 Å². The first-order valence-corrected chi connectivity index (χ1v) is 9.52. The van der Waals surface area contributed by atoms with Crippen molar-refractivity contribution < 1.29 is 14.3 Å². The Kier molecular flexibility index (Phi) is 12.5. The van der Waals surface area contributed by atoms with Gasteiger partial charge in [0.1, 0.15) is 11.9 Å². The van der Waals surface area contributed by atoms with E-state index < -0.39 is 17.6 Å². The predicted molar refractivity (Wildman–Crippen MR) is 106 cm³/mol. The summed E-state index contributed by atoms with van der Waals surface area (Å²) in [5, 5.41) is 6.38. The van der Waals surface area contributed by atoms with Crippen LogP contribution in [0.25, 0.3) is 10.4 Å². The van der Waals surface area contributed by atoms with Gasteiger partial charge in [0, 0.05) is 36.4 Å². The van der Waals surface area contributed by atoms with Gasteiger partial charge in [0.25, 0.3) is 0 Å². The highest BCUT2D eigenvalue weighted by atomic mass is 16.6. The zero-order valence-corrected chi connectivity index (χ0v) is 17.4. The topological polar surface area (TPSA) is 133 Å².